The third-order valence-corrected chi connectivity index (χ3v) is 3.20. The molecule has 0 saturated heterocycles. The Labute approximate surface area is 112 Å². The summed E-state index contributed by atoms with van der Waals surface area (Å²) < 4.78 is 19.4. The average Bonchev–Trinajstić information content (AvgIpc) is 2.43. The molecule has 2 aromatic rings. The summed E-state index contributed by atoms with van der Waals surface area (Å²) in [5.74, 6) is 0.240. The van der Waals surface area contributed by atoms with E-state index in [0.29, 0.717) is 11.3 Å². The lowest BCUT2D eigenvalue weighted by Crippen LogP contribution is -2.21. The molecule has 0 saturated carbocycles. The highest BCUT2D eigenvalue weighted by Gasteiger charge is 2.22. The van der Waals surface area contributed by atoms with Gasteiger partial charge >= 0.3 is 0 Å². The minimum atomic E-state index is -0.290. The topological polar surface area (TPSA) is 34.2 Å². The molecule has 0 aliphatic heterocycles. The van der Waals surface area contributed by atoms with Crippen LogP contribution in [0.3, 0.4) is 0 Å². The highest BCUT2D eigenvalue weighted by Crippen LogP contribution is 2.32. The van der Waals surface area contributed by atoms with Crippen molar-refractivity contribution in [3.8, 4) is 5.75 Å². The van der Waals surface area contributed by atoms with Gasteiger partial charge < -0.3 is 10.1 Å². The molecule has 0 aliphatic carbocycles. The Morgan fingerprint density at radius 2 is 2.11 bits per heavy atom. The highest BCUT2D eigenvalue weighted by molar-refractivity contribution is 5.43. The maximum absolute atomic E-state index is 14.2. The van der Waals surface area contributed by atoms with Gasteiger partial charge in [-0.05, 0) is 43.3 Å². The predicted octanol–water partition coefficient (Wildman–Crippen LogP) is 2.85. The number of rotatable bonds is 4. The van der Waals surface area contributed by atoms with Crippen LogP contribution in [0.4, 0.5) is 4.39 Å². The van der Waals surface area contributed by atoms with E-state index in [1.165, 1.54) is 6.07 Å². The molecule has 0 fully saturated rings. The summed E-state index contributed by atoms with van der Waals surface area (Å²) in [7, 11) is 3.34. The second-order valence-corrected chi connectivity index (χ2v) is 4.31. The summed E-state index contributed by atoms with van der Waals surface area (Å²) in [6.07, 6.45) is 3.48. The van der Waals surface area contributed by atoms with E-state index in [-0.39, 0.29) is 11.9 Å². The normalized spacial score (nSPS) is 12.2. The zero-order valence-electron chi connectivity index (χ0n) is 11.3. The first kappa shape index (κ1) is 13.5. The van der Waals surface area contributed by atoms with E-state index in [2.05, 4.69) is 10.3 Å². The summed E-state index contributed by atoms with van der Waals surface area (Å²) >= 11 is 0. The van der Waals surface area contributed by atoms with Crippen LogP contribution in [0, 0.1) is 12.7 Å². The SMILES string of the molecule is CNC(c1cnccc1C)c1c(F)cccc1OC. The van der Waals surface area contributed by atoms with E-state index >= 15 is 0 Å². The lowest BCUT2D eigenvalue weighted by molar-refractivity contribution is 0.398. The van der Waals surface area contributed by atoms with Crippen molar-refractivity contribution in [1.82, 2.24) is 10.3 Å². The van der Waals surface area contributed by atoms with Crippen molar-refractivity contribution in [2.24, 2.45) is 0 Å². The van der Waals surface area contributed by atoms with E-state index in [1.807, 2.05) is 13.0 Å². The molecule has 0 radical (unpaired) electrons. The maximum atomic E-state index is 14.2. The zero-order chi connectivity index (χ0) is 13.8. The molecule has 3 nitrogen and oxygen atoms in total. The van der Waals surface area contributed by atoms with E-state index in [9.17, 15) is 4.39 Å². The number of halogens is 1. The number of methoxy groups -OCH3 is 1. The summed E-state index contributed by atoms with van der Waals surface area (Å²) in [6, 6.07) is 6.46. The first-order valence-electron chi connectivity index (χ1n) is 6.09. The fourth-order valence-corrected chi connectivity index (χ4v) is 2.21. The number of hydrogen-bond donors (Lipinski definition) is 1. The van der Waals surface area contributed by atoms with E-state index in [4.69, 9.17) is 4.74 Å². The van der Waals surface area contributed by atoms with Crippen molar-refractivity contribution in [3.05, 3.63) is 59.2 Å². The van der Waals surface area contributed by atoms with Crippen molar-refractivity contribution in [2.75, 3.05) is 14.2 Å². The van der Waals surface area contributed by atoms with Gasteiger partial charge in [0.2, 0.25) is 0 Å². The van der Waals surface area contributed by atoms with Gasteiger partial charge in [-0.1, -0.05) is 6.07 Å². The monoisotopic (exact) mass is 260 g/mol. The third-order valence-electron chi connectivity index (χ3n) is 3.20. The molecule has 2 rings (SSSR count). The third kappa shape index (κ3) is 2.58. The van der Waals surface area contributed by atoms with Crippen molar-refractivity contribution in [1.29, 1.82) is 0 Å². The number of ether oxygens (including phenoxy) is 1. The van der Waals surface area contributed by atoms with E-state index in [1.54, 1.807) is 38.7 Å². The van der Waals surface area contributed by atoms with Gasteiger partial charge in [-0.3, -0.25) is 4.98 Å². The number of pyridine rings is 1. The summed E-state index contributed by atoms with van der Waals surface area (Å²) in [4.78, 5) is 4.12. The molecule has 1 heterocycles. The molecule has 1 aromatic heterocycles. The van der Waals surface area contributed by atoms with Crippen LogP contribution in [0.15, 0.2) is 36.7 Å². The van der Waals surface area contributed by atoms with Crippen LogP contribution in [0.5, 0.6) is 5.75 Å². The number of aromatic nitrogens is 1. The largest absolute Gasteiger partial charge is 0.496 e. The number of hydrogen-bond acceptors (Lipinski definition) is 3. The lowest BCUT2D eigenvalue weighted by atomic mass is 9.95. The summed E-state index contributed by atoms with van der Waals surface area (Å²) in [5, 5.41) is 3.13. The zero-order valence-corrected chi connectivity index (χ0v) is 11.3. The molecule has 0 bridgehead atoms. The molecule has 1 aromatic carbocycles. The van der Waals surface area contributed by atoms with Crippen LogP contribution in [0.1, 0.15) is 22.7 Å². The molecular weight excluding hydrogens is 243 g/mol. The fourth-order valence-electron chi connectivity index (χ4n) is 2.21. The summed E-state index contributed by atoms with van der Waals surface area (Å²) in [5.41, 5.74) is 2.50. The summed E-state index contributed by atoms with van der Waals surface area (Å²) in [6.45, 7) is 1.98. The van der Waals surface area contributed by atoms with Crippen LogP contribution in [0.25, 0.3) is 0 Å². The van der Waals surface area contributed by atoms with Crippen LogP contribution < -0.4 is 10.1 Å². The quantitative estimate of drug-likeness (QED) is 0.918. The smallest absolute Gasteiger partial charge is 0.132 e. The Morgan fingerprint density at radius 1 is 1.32 bits per heavy atom. The van der Waals surface area contributed by atoms with Crippen LogP contribution in [-0.2, 0) is 0 Å². The first-order chi connectivity index (χ1) is 9.19. The van der Waals surface area contributed by atoms with Gasteiger partial charge in [-0.2, -0.15) is 0 Å². The number of benzene rings is 1. The Morgan fingerprint density at radius 3 is 2.74 bits per heavy atom. The molecular formula is C15H17FN2O. The molecule has 1 N–H and O–H groups in total. The van der Waals surface area contributed by atoms with Gasteiger partial charge in [0.25, 0.3) is 0 Å². The van der Waals surface area contributed by atoms with Gasteiger partial charge in [0, 0.05) is 12.4 Å². The van der Waals surface area contributed by atoms with Crippen molar-refractivity contribution in [3.63, 3.8) is 0 Å². The number of nitrogens with zero attached hydrogens (tertiary/aromatic N) is 1. The number of nitrogens with one attached hydrogen (secondary N) is 1. The molecule has 0 amide bonds. The Kier molecular flexibility index (Phi) is 4.12. The minimum absolute atomic E-state index is 0.287. The molecule has 19 heavy (non-hydrogen) atoms. The lowest BCUT2D eigenvalue weighted by Gasteiger charge is -2.21. The molecule has 100 valence electrons. The maximum Gasteiger partial charge on any atom is 0.132 e. The van der Waals surface area contributed by atoms with Crippen molar-refractivity contribution < 1.29 is 9.13 Å². The fraction of sp³-hybridized carbons (Fsp3) is 0.267. The van der Waals surface area contributed by atoms with E-state index < -0.39 is 0 Å². The van der Waals surface area contributed by atoms with Crippen LogP contribution >= 0.6 is 0 Å². The molecule has 1 unspecified atom stereocenters. The predicted molar refractivity (Wildman–Crippen MR) is 72.8 cm³/mol. The minimum Gasteiger partial charge on any atom is -0.496 e. The molecule has 1 atom stereocenters. The Balaban J connectivity index is 2.58. The Hall–Kier alpha value is -1.94. The van der Waals surface area contributed by atoms with Gasteiger partial charge in [-0.25, -0.2) is 4.39 Å². The Bertz CT molecular complexity index is 572. The second-order valence-electron chi connectivity index (χ2n) is 4.31. The van der Waals surface area contributed by atoms with Gasteiger partial charge in [0.05, 0.1) is 18.7 Å². The van der Waals surface area contributed by atoms with Gasteiger partial charge in [0.1, 0.15) is 11.6 Å². The van der Waals surface area contributed by atoms with E-state index in [0.717, 1.165) is 11.1 Å². The highest BCUT2D eigenvalue weighted by atomic mass is 19.1. The average molecular weight is 260 g/mol. The standard InChI is InChI=1S/C15H17FN2O/c1-10-7-8-18-9-11(10)15(17-2)14-12(16)5-4-6-13(14)19-3/h4-9,15,17H,1-3H3. The van der Waals surface area contributed by atoms with Gasteiger partial charge in [0.15, 0.2) is 0 Å². The van der Waals surface area contributed by atoms with Crippen LogP contribution in [-0.4, -0.2) is 19.1 Å². The molecule has 4 heteroatoms. The number of aryl methyl sites for hydroxylation is 1. The van der Waals surface area contributed by atoms with Gasteiger partial charge in [-0.15, -0.1) is 0 Å². The molecule has 0 spiro atoms. The van der Waals surface area contributed by atoms with Crippen molar-refractivity contribution >= 4 is 0 Å². The molecule has 0 aliphatic rings. The van der Waals surface area contributed by atoms with Crippen LogP contribution in [0.2, 0.25) is 0 Å². The van der Waals surface area contributed by atoms with Crippen molar-refractivity contribution in [2.45, 2.75) is 13.0 Å². The first-order valence-corrected chi connectivity index (χ1v) is 6.09. The second kappa shape index (κ2) is 5.80.